The maximum Gasteiger partial charge on any atom is 0.262 e. The number of hydrogen-bond donors (Lipinski definition) is 1. The Morgan fingerprint density at radius 2 is 1.79 bits per heavy atom. The standard InChI is InChI=1S/C25H21N3O5S/c1-16-2-7-19(8-3-16)30-13-23(29)26-18-5-9-20(10-6-18)34-14-24-27-28-25(33-24)17-4-11-21-22(12-17)32-15-31-21/h2-12H,13-15H2,1H3,(H,26,29). The fraction of sp³-hybridized carbons (Fsp3) is 0.160. The van der Waals surface area contributed by atoms with Crippen molar-refractivity contribution in [3.8, 4) is 28.7 Å². The number of anilines is 1. The Hall–Kier alpha value is -3.98. The van der Waals surface area contributed by atoms with Gasteiger partial charge in [-0.1, -0.05) is 17.7 Å². The number of fused-ring (bicyclic) bond motifs is 1. The van der Waals surface area contributed by atoms with E-state index in [1.807, 2.05) is 73.7 Å². The van der Waals surface area contributed by atoms with Gasteiger partial charge in [0.2, 0.25) is 18.6 Å². The summed E-state index contributed by atoms with van der Waals surface area (Å²) in [5, 5.41) is 11.1. The molecular formula is C25H21N3O5S. The molecule has 9 heteroatoms. The van der Waals surface area contributed by atoms with Crippen molar-refractivity contribution < 1.29 is 23.4 Å². The first-order valence-corrected chi connectivity index (χ1v) is 11.6. The third-order valence-corrected chi connectivity index (χ3v) is 5.97. The van der Waals surface area contributed by atoms with E-state index < -0.39 is 0 Å². The molecule has 0 bridgehead atoms. The lowest BCUT2D eigenvalue weighted by atomic mass is 10.2. The van der Waals surface area contributed by atoms with Crippen molar-refractivity contribution in [1.29, 1.82) is 0 Å². The van der Waals surface area contributed by atoms with Crippen molar-refractivity contribution in [3.05, 3.63) is 78.2 Å². The van der Waals surface area contributed by atoms with Gasteiger partial charge in [0, 0.05) is 16.1 Å². The van der Waals surface area contributed by atoms with Crippen molar-refractivity contribution in [2.24, 2.45) is 0 Å². The second-order valence-corrected chi connectivity index (χ2v) is 8.58. The smallest absolute Gasteiger partial charge is 0.262 e. The molecule has 1 N–H and O–H groups in total. The van der Waals surface area contributed by atoms with E-state index in [2.05, 4.69) is 15.5 Å². The summed E-state index contributed by atoms with van der Waals surface area (Å²) in [7, 11) is 0. The minimum Gasteiger partial charge on any atom is -0.484 e. The largest absolute Gasteiger partial charge is 0.484 e. The number of thioether (sulfide) groups is 1. The SMILES string of the molecule is Cc1ccc(OCC(=O)Nc2ccc(SCc3nnc(-c4ccc5c(c4)OCO5)o3)cc2)cc1. The summed E-state index contributed by atoms with van der Waals surface area (Å²) in [6.45, 7) is 2.16. The molecule has 8 nitrogen and oxygen atoms in total. The van der Waals surface area contributed by atoms with E-state index in [0.717, 1.165) is 16.0 Å². The monoisotopic (exact) mass is 475 g/mol. The lowest BCUT2D eigenvalue weighted by Gasteiger charge is -2.08. The molecule has 5 rings (SSSR count). The number of hydrogen-bond acceptors (Lipinski definition) is 8. The molecule has 0 saturated carbocycles. The molecule has 0 fully saturated rings. The van der Waals surface area contributed by atoms with Crippen LogP contribution in [0.25, 0.3) is 11.5 Å². The van der Waals surface area contributed by atoms with Gasteiger partial charge in [0.05, 0.1) is 5.75 Å². The third-order valence-electron chi connectivity index (χ3n) is 4.98. The van der Waals surface area contributed by atoms with Crippen LogP contribution in [0.2, 0.25) is 0 Å². The van der Waals surface area contributed by atoms with E-state index in [9.17, 15) is 4.79 Å². The zero-order chi connectivity index (χ0) is 23.3. The molecule has 1 aromatic heterocycles. The first-order valence-electron chi connectivity index (χ1n) is 10.6. The summed E-state index contributed by atoms with van der Waals surface area (Å²) >= 11 is 1.56. The number of rotatable bonds is 8. The zero-order valence-corrected chi connectivity index (χ0v) is 19.1. The minimum atomic E-state index is -0.220. The number of amides is 1. The normalized spacial score (nSPS) is 11.9. The highest BCUT2D eigenvalue weighted by Gasteiger charge is 2.16. The first-order chi connectivity index (χ1) is 16.6. The molecule has 0 saturated heterocycles. The Morgan fingerprint density at radius 3 is 2.62 bits per heavy atom. The van der Waals surface area contributed by atoms with E-state index in [4.69, 9.17) is 18.6 Å². The number of nitrogens with zero attached hydrogens (tertiary/aromatic N) is 2. The quantitative estimate of drug-likeness (QED) is 0.352. The number of carbonyl (C=O) groups is 1. The predicted octanol–water partition coefficient (Wildman–Crippen LogP) is 5.08. The average molecular weight is 476 g/mol. The van der Waals surface area contributed by atoms with Gasteiger partial charge in [-0.3, -0.25) is 4.79 Å². The second kappa shape index (κ2) is 9.88. The van der Waals surface area contributed by atoms with E-state index >= 15 is 0 Å². The van der Waals surface area contributed by atoms with Crippen LogP contribution >= 0.6 is 11.8 Å². The van der Waals surface area contributed by atoms with Crippen molar-refractivity contribution >= 4 is 23.4 Å². The fourth-order valence-corrected chi connectivity index (χ4v) is 3.95. The molecule has 0 atom stereocenters. The van der Waals surface area contributed by atoms with E-state index in [1.54, 1.807) is 11.8 Å². The van der Waals surface area contributed by atoms with Gasteiger partial charge >= 0.3 is 0 Å². The maximum atomic E-state index is 12.1. The molecule has 0 spiro atoms. The maximum absolute atomic E-state index is 12.1. The Balaban J connectivity index is 1.11. The van der Waals surface area contributed by atoms with Crippen molar-refractivity contribution in [2.75, 3.05) is 18.7 Å². The highest BCUT2D eigenvalue weighted by atomic mass is 32.2. The lowest BCUT2D eigenvalue weighted by Crippen LogP contribution is -2.20. The lowest BCUT2D eigenvalue weighted by molar-refractivity contribution is -0.118. The van der Waals surface area contributed by atoms with Gasteiger partial charge in [0.1, 0.15) is 5.75 Å². The Morgan fingerprint density at radius 1 is 1.00 bits per heavy atom. The molecule has 0 radical (unpaired) electrons. The van der Waals surface area contributed by atoms with Gasteiger partial charge in [-0.15, -0.1) is 22.0 Å². The van der Waals surface area contributed by atoms with Crippen LogP contribution in [0.5, 0.6) is 17.2 Å². The Kier molecular flexibility index (Phi) is 6.35. The Labute approximate surface area is 200 Å². The Bertz CT molecular complexity index is 1290. The van der Waals surface area contributed by atoms with Gasteiger partial charge in [-0.25, -0.2) is 0 Å². The van der Waals surface area contributed by atoms with E-state index in [1.165, 1.54) is 0 Å². The van der Waals surface area contributed by atoms with Crippen molar-refractivity contribution in [1.82, 2.24) is 10.2 Å². The van der Waals surface area contributed by atoms with Gasteiger partial charge in [0.15, 0.2) is 18.1 Å². The summed E-state index contributed by atoms with van der Waals surface area (Å²) in [4.78, 5) is 13.2. The number of carbonyl (C=O) groups excluding carboxylic acids is 1. The molecule has 172 valence electrons. The van der Waals surface area contributed by atoms with E-state index in [-0.39, 0.29) is 19.3 Å². The van der Waals surface area contributed by atoms with Gasteiger partial charge in [0.25, 0.3) is 5.91 Å². The summed E-state index contributed by atoms with van der Waals surface area (Å²) in [6, 6.07) is 20.6. The van der Waals surface area contributed by atoms with Crippen LogP contribution in [-0.4, -0.2) is 29.5 Å². The average Bonchev–Trinajstić information content (AvgIpc) is 3.52. The topological polar surface area (TPSA) is 95.7 Å². The fourth-order valence-electron chi connectivity index (χ4n) is 3.22. The van der Waals surface area contributed by atoms with Crippen LogP contribution in [0, 0.1) is 6.92 Å². The third kappa shape index (κ3) is 5.32. The van der Waals surface area contributed by atoms with Crippen LogP contribution in [0.15, 0.2) is 76.0 Å². The number of aromatic nitrogens is 2. The summed E-state index contributed by atoms with van der Waals surface area (Å²) < 4.78 is 22.0. The first kappa shape index (κ1) is 21.8. The molecule has 1 aliphatic heterocycles. The summed E-state index contributed by atoms with van der Waals surface area (Å²) in [5.74, 6) is 3.28. The number of nitrogens with one attached hydrogen (secondary N) is 1. The highest BCUT2D eigenvalue weighted by molar-refractivity contribution is 7.98. The van der Waals surface area contributed by atoms with Crippen LogP contribution in [0.1, 0.15) is 11.5 Å². The molecule has 34 heavy (non-hydrogen) atoms. The summed E-state index contributed by atoms with van der Waals surface area (Å²) in [6.07, 6.45) is 0. The number of benzene rings is 3. The molecule has 0 unspecified atom stereocenters. The zero-order valence-electron chi connectivity index (χ0n) is 18.3. The van der Waals surface area contributed by atoms with Gasteiger partial charge < -0.3 is 23.9 Å². The van der Waals surface area contributed by atoms with Crippen LogP contribution in [0.3, 0.4) is 0 Å². The van der Waals surface area contributed by atoms with E-state index in [0.29, 0.717) is 40.5 Å². The molecule has 3 aromatic carbocycles. The molecule has 1 amide bonds. The highest BCUT2D eigenvalue weighted by Crippen LogP contribution is 2.35. The summed E-state index contributed by atoms with van der Waals surface area (Å²) in [5.41, 5.74) is 2.61. The predicted molar refractivity (Wildman–Crippen MR) is 127 cm³/mol. The van der Waals surface area contributed by atoms with Gasteiger partial charge in [-0.2, -0.15) is 0 Å². The van der Waals surface area contributed by atoms with Crippen LogP contribution < -0.4 is 19.5 Å². The van der Waals surface area contributed by atoms with Crippen molar-refractivity contribution in [2.45, 2.75) is 17.6 Å². The molecular weight excluding hydrogens is 454 g/mol. The van der Waals surface area contributed by atoms with Crippen LogP contribution in [-0.2, 0) is 10.5 Å². The van der Waals surface area contributed by atoms with Gasteiger partial charge in [-0.05, 0) is 61.5 Å². The number of aryl methyl sites for hydroxylation is 1. The molecule has 2 heterocycles. The minimum absolute atomic E-state index is 0.0531. The second-order valence-electron chi connectivity index (χ2n) is 7.53. The van der Waals surface area contributed by atoms with Crippen LogP contribution in [0.4, 0.5) is 5.69 Å². The number of ether oxygens (including phenoxy) is 3. The van der Waals surface area contributed by atoms with Crippen molar-refractivity contribution in [3.63, 3.8) is 0 Å². The molecule has 1 aliphatic rings. The molecule has 0 aliphatic carbocycles. The molecule has 4 aromatic rings.